The van der Waals surface area contributed by atoms with Gasteiger partial charge in [-0.3, -0.25) is 9.52 Å². The molecule has 3 rings (SSSR count). The van der Waals surface area contributed by atoms with Crippen LogP contribution in [-0.4, -0.2) is 20.9 Å². The summed E-state index contributed by atoms with van der Waals surface area (Å²) in [4.78, 5) is 12.7. The fourth-order valence-corrected chi connectivity index (χ4v) is 5.08. The summed E-state index contributed by atoms with van der Waals surface area (Å²) in [6, 6.07) is 11.0. The first-order valence-electron chi connectivity index (χ1n) is 10.5. The van der Waals surface area contributed by atoms with Crippen LogP contribution in [0.5, 0.6) is 0 Å². The summed E-state index contributed by atoms with van der Waals surface area (Å²) in [6.45, 7) is 2.44. The molecule has 2 aromatic carbocycles. The summed E-state index contributed by atoms with van der Waals surface area (Å²) in [7, 11) is -3.77. The van der Waals surface area contributed by atoms with Gasteiger partial charge >= 0.3 is 0 Å². The summed E-state index contributed by atoms with van der Waals surface area (Å²) in [5.74, 6) is 0.503. The smallest absolute Gasteiger partial charge is 0.261 e. The zero-order valence-corrected chi connectivity index (χ0v) is 18.9. The van der Waals surface area contributed by atoms with Crippen molar-refractivity contribution in [2.24, 2.45) is 5.92 Å². The van der Waals surface area contributed by atoms with Crippen molar-refractivity contribution in [2.75, 3.05) is 11.3 Å². The first-order valence-corrected chi connectivity index (χ1v) is 12.4. The van der Waals surface area contributed by atoms with E-state index in [-0.39, 0.29) is 10.8 Å². The Balaban J connectivity index is 1.63. The Morgan fingerprint density at radius 3 is 2.37 bits per heavy atom. The second kappa shape index (κ2) is 10.3. The van der Waals surface area contributed by atoms with Gasteiger partial charge in [-0.05, 0) is 61.2 Å². The van der Waals surface area contributed by atoms with Gasteiger partial charge < -0.3 is 5.32 Å². The summed E-state index contributed by atoms with van der Waals surface area (Å²) in [6.07, 6.45) is 8.70. The molecule has 0 saturated heterocycles. The van der Waals surface area contributed by atoms with Gasteiger partial charge in [-0.25, -0.2) is 8.42 Å². The van der Waals surface area contributed by atoms with Crippen molar-refractivity contribution in [3.8, 4) is 0 Å². The normalized spacial score (nSPS) is 15.4. The molecule has 0 aliphatic heterocycles. The van der Waals surface area contributed by atoms with Crippen LogP contribution in [0.3, 0.4) is 0 Å². The van der Waals surface area contributed by atoms with Gasteiger partial charge in [0.2, 0.25) is 0 Å². The molecule has 1 aliphatic carbocycles. The van der Waals surface area contributed by atoms with Gasteiger partial charge in [-0.2, -0.15) is 0 Å². The van der Waals surface area contributed by atoms with Gasteiger partial charge in [0.15, 0.2) is 0 Å². The van der Waals surface area contributed by atoms with Crippen molar-refractivity contribution in [1.29, 1.82) is 0 Å². The maximum Gasteiger partial charge on any atom is 0.261 e. The number of aryl methyl sites for hydroxylation is 1. The standard InChI is InChI=1S/C23H29ClN2O3S/c1-17-8-9-19(23(27)25-15-14-18-6-4-2-3-5-7-18)16-22(17)26-30(28,29)21-12-10-20(24)11-13-21/h8-13,16,18,26H,2-7,14-15H2,1H3,(H,25,27). The fraction of sp³-hybridized carbons (Fsp3) is 0.435. The predicted octanol–water partition coefficient (Wildman–Crippen LogP) is 5.54. The van der Waals surface area contributed by atoms with Crippen molar-refractivity contribution in [3.63, 3.8) is 0 Å². The zero-order chi connectivity index (χ0) is 21.6. The highest BCUT2D eigenvalue weighted by Gasteiger charge is 2.17. The molecule has 1 aliphatic rings. The second-order valence-electron chi connectivity index (χ2n) is 7.99. The van der Waals surface area contributed by atoms with E-state index in [1.807, 2.05) is 0 Å². The van der Waals surface area contributed by atoms with E-state index in [2.05, 4.69) is 10.0 Å². The lowest BCUT2D eigenvalue weighted by molar-refractivity contribution is 0.0951. The Morgan fingerprint density at radius 1 is 1.03 bits per heavy atom. The molecule has 0 bridgehead atoms. The van der Waals surface area contributed by atoms with Crippen molar-refractivity contribution < 1.29 is 13.2 Å². The maximum absolute atomic E-state index is 12.7. The van der Waals surface area contributed by atoms with E-state index < -0.39 is 10.0 Å². The van der Waals surface area contributed by atoms with E-state index in [0.29, 0.717) is 28.7 Å². The average molecular weight is 449 g/mol. The number of halogens is 1. The minimum Gasteiger partial charge on any atom is -0.352 e. The molecule has 5 nitrogen and oxygen atoms in total. The summed E-state index contributed by atoms with van der Waals surface area (Å²) < 4.78 is 27.9. The Morgan fingerprint density at radius 2 is 1.70 bits per heavy atom. The Labute approximate surface area is 184 Å². The zero-order valence-electron chi connectivity index (χ0n) is 17.3. The molecule has 0 unspecified atom stereocenters. The number of nitrogens with one attached hydrogen (secondary N) is 2. The van der Waals surface area contributed by atoms with Crippen molar-refractivity contribution >= 4 is 33.2 Å². The van der Waals surface area contributed by atoms with Crippen LogP contribution < -0.4 is 10.0 Å². The molecule has 30 heavy (non-hydrogen) atoms. The number of anilines is 1. The molecule has 1 fully saturated rings. The van der Waals surface area contributed by atoms with Crippen LogP contribution >= 0.6 is 11.6 Å². The van der Waals surface area contributed by atoms with E-state index in [4.69, 9.17) is 11.6 Å². The summed E-state index contributed by atoms with van der Waals surface area (Å²) >= 11 is 5.84. The van der Waals surface area contributed by atoms with E-state index in [9.17, 15) is 13.2 Å². The van der Waals surface area contributed by atoms with Gasteiger partial charge in [0.05, 0.1) is 10.6 Å². The third kappa shape index (κ3) is 6.22. The molecule has 7 heteroatoms. The van der Waals surface area contributed by atoms with Crippen LogP contribution in [0.25, 0.3) is 0 Å². The second-order valence-corrected chi connectivity index (χ2v) is 10.1. The lowest BCUT2D eigenvalue weighted by atomic mass is 9.97. The lowest BCUT2D eigenvalue weighted by Gasteiger charge is -2.15. The molecular weight excluding hydrogens is 420 g/mol. The monoisotopic (exact) mass is 448 g/mol. The molecule has 0 heterocycles. The van der Waals surface area contributed by atoms with E-state index in [1.165, 1.54) is 62.8 Å². The van der Waals surface area contributed by atoms with Gasteiger partial charge in [0.25, 0.3) is 15.9 Å². The number of hydrogen-bond acceptors (Lipinski definition) is 3. The number of benzene rings is 2. The van der Waals surface area contributed by atoms with Crippen molar-refractivity contribution in [1.82, 2.24) is 5.32 Å². The molecule has 0 radical (unpaired) electrons. The minimum absolute atomic E-state index is 0.115. The van der Waals surface area contributed by atoms with Crippen molar-refractivity contribution in [3.05, 3.63) is 58.6 Å². The van der Waals surface area contributed by atoms with Crippen LogP contribution in [-0.2, 0) is 10.0 Å². The largest absolute Gasteiger partial charge is 0.352 e. The highest BCUT2D eigenvalue weighted by molar-refractivity contribution is 7.92. The van der Waals surface area contributed by atoms with E-state index in [0.717, 1.165) is 12.0 Å². The molecule has 2 N–H and O–H groups in total. The number of amides is 1. The summed E-state index contributed by atoms with van der Waals surface area (Å²) in [5.41, 5.74) is 1.57. The first-order chi connectivity index (χ1) is 14.3. The fourth-order valence-electron chi connectivity index (χ4n) is 3.84. The predicted molar refractivity (Wildman–Crippen MR) is 122 cm³/mol. The lowest BCUT2D eigenvalue weighted by Crippen LogP contribution is -2.26. The van der Waals surface area contributed by atoms with E-state index in [1.54, 1.807) is 25.1 Å². The molecule has 1 saturated carbocycles. The molecule has 1 amide bonds. The molecular formula is C23H29ClN2O3S. The first kappa shape index (κ1) is 22.6. The maximum atomic E-state index is 12.7. The van der Waals surface area contributed by atoms with Gasteiger partial charge in [-0.1, -0.05) is 56.2 Å². The number of carbonyl (C=O) groups is 1. The van der Waals surface area contributed by atoms with E-state index >= 15 is 0 Å². The Bertz CT molecular complexity index is 966. The number of hydrogen-bond donors (Lipinski definition) is 2. The van der Waals surface area contributed by atoms with Crippen molar-refractivity contribution in [2.45, 2.75) is 56.8 Å². The average Bonchev–Trinajstić information content (AvgIpc) is 2.98. The van der Waals surface area contributed by atoms with Crippen LogP contribution in [0.15, 0.2) is 47.4 Å². The van der Waals surface area contributed by atoms with Gasteiger partial charge in [0, 0.05) is 17.1 Å². The molecule has 162 valence electrons. The SMILES string of the molecule is Cc1ccc(C(=O)NCCC2CCCCCC2)cc1NS(=O)(=O)c1ccc(Cl)cc1. The van der Waals surface area contributed by atoms with Crippen LogP contribution in [0, 0.1) is 12.8 Å². The van der Waals surface area contributed by atoms with Crippen LogP contribution in [0.1, 0.15) is 60.9 Å². The molecule has 0 aromatic heterocycles. The highest BCUT2D eigenvalue weighted by Crippen LogP contribution is 2.25. The number of sulfonamides is 1. The Hall–Kier alpha value is -2.05. The molecule has 0 spiro atoms. The van der Waals surface area contributed by atoms with Gasteiger partial charge in [-0.15, -0.1) is 0 Å². The molecule has 2 aromatic rings. The molecule has 0 atom stereocenters. The summed E-state index contributed by atoms with van der Waals surface area (Å²) in [5, 5.41) is 3.45. The van der Waals surface area contributed by atoms with Crippen LogP contribution in [0.4, 0.5) is 5.69 Å². The topological polar surface area (TPSA) is 75.3 Å². The van der Waals surface area contributed by atoms with Gasteiger partial charge in [0.1, 0.15) is 0 Å². The third-order valence-corrected chi connectivity index (χ3v) is 7.31. The third-order valence-electron chi connectivity index (χ3n) is 5.68. The quantitative estimate of drug-likeness (QED) is 0.546. The Kier molecular flexibility index (Phi) is 7.78. The highest BCUT2D eigenvalue weighted by atomic mass is 35.5. The van der Waals surface area contributed by atoms with Crippen LogP contribution in [0.2, 0.25) is 5.02 Å². The number of carbonyl (C=O) groups excluding carboxylic acids is 1. The number of rotatable bonds is 7. The minimum atomic E-state index is -3.77.